The minimum absolute atomic E-state index is 0.208. The maximum Gasteiger partial charge on any atom is 0.254 e. The van der Waals surface area contributed by atoms with Gasteiger partial charge >= 0.3 is 0 Å². The Kier molecular flexibility index (Phi) is 7.55. The summed E-state index contributed by atoms with van der Waals surface area (Å²) in [7, 11) is 7.55. The summed E-state index contributed by atoms with van der Waals surface area (Å²) >= 11 is 0. The van der Waals surface area contributed by atoms with Crippen molar-refractivity contribution in [2.24, 2.45) is 0 Å². The van der Waals surface area contributed by atoms with Crippen LogP contribution in [0.25, 0.3) is 0 Å². The number of amides is 1. The van der Waals surface area contributed by atoms with Gasteiger partial charge in [0.2, 0.25) is 5.75 Å². The van der Waals surface area contributed by atoms with Gasteiger partial charge in [-0.2, -0.15) is 0 Å². The van der Waals surface area contributed by atoms with Crippen LogP contribution in [0.2, 0.25) is 0 Å². The second-order valence-corrected chi connectivity index (χ2v) is 7.81. The van der Waals surface area contributed by atoms with Gasteiger partial charge in [0.1, 0.15) is 0 Å². The molecule has 0 aromatic heterocycles. The van der Waals surface area contributed by atoms with Gasteiger partial charge in [0.15, 0.2) is 23.0 Å². The van der Waals surface area contributed by atoms with Gasteiger partial charge in [-0.05, 0) is 36.2 Å². The van der Waals surface area contributed by atoms with Crippen molar-refractivity contribution in [1.82, 2.24) is 4.90 Å². The van der Waals surface area contributed by atoms with Crippen molar-refractivity contribution in [3.8, 4) is 28.7 Å². The molecule has 3 rings (SSSR count). The van der Waals surface area contributed by atoms with Crippen molar-refractivity contribution in [2.75, 3.05) is 55.2 Å². The molecule has 0 radical (unpaired) electrons. The summed E-state index contributed by atoms with van der Waals surface area (Å²) < 4.78 is 26.8. The van der Waals surface area contributed by atoms with Crippen molar-refractivity contribution >= 4 is 5.91 Å². The van der Waals surface area contributed by atoms with Gasteiger partial charge in [-0.25, -0.2) is 0 Å². The maximum atomic E-state index is 13.4. The zero-order valence-electron chi connectivity index (χ0n) is 19.6. The lowest BCUT2D eigenvalue weighted by molar-refractivity contribution is 0.0289. The number of hydrogen-bond acceptors (Lipinski definition) is 8. The van der Waals surface area contributed by atoms with Crippen LogP contribution in [0.1, 0.15) is 22.3 Å². The van der Waals surface area contributed by atoms with Crippen molar-refractivity contribution in [2.45, 2.75) is 17.9 Å². The SMILES string of the molecule is COc1ccc(C2(C(O)CO)CCN(C(=O)c3cc(OC)c(OC)c(OC)c3)C2)cc1OC. The van der Waals surface area contributed by atoms with Crippen LogP contribution in [-0.4, -0.2) is 82.4 Å². The number of aliphatic hydroxyl groups excluding tert-OH is 2. The Balaban J connectivity index is 1.98. The van der Waals surface area contributed by atoms with Crippen LogP contribution in [0.3, 0.4) is 0 Å². The van der Waals surface area contributed by atoms with Crippen LogP contribution in [0.15, 0.2) is 30.3 Å². The molecule has 9 nitrogen and oxygen atoms in total. The van der Waals surface area contributed by atoms with E-state index in [9.17, 15) is 15.0 Å². The van der Waals surface area contributed by atoms with Crippen molar-refractivity contribution in [3.05, 3.63) is 41.5 Å². The average Bonchev–Trinajstić information content (AvgIpc) is 3.32. The van der Waals surface area contributed by atoms with E-state index >= 15 is 0 Å². The van der Waals surface area contributed by atoms with Gasteiger partial charge in [0, 0.05) is 24.1 Å². The summed E-state index contributed by atoms with van der Waals surface area (Å²) in [4.78, 5) is 15.1. The molecule has 180 valence electrons. The standard InChI is InChI=1S/C24H31NO8/c1-29-17-7-6-16(12-18(17)30-2)24(21(27)13-26)8-9-25(14-24)23(28)15-10-19(31-3)22(33-5)20(11-15)32-4/h6-7,10-12,21,26-27H,8-9,13-14H2,1-5H3. The number of carbonyl (C=O) groups is 1. The van der Waals surface area contributed by atoms with E-state index in [4.69, 9.17) is 23.7 Å². The fourth-order valence-electron chi connectivity index (χ4n) is 4.41. The molecule has 2 aromatic rings. The Bertz CT molecular complexity index is 969. The Morgan fingerprint density at radius 3 is 2.06 bits per heavy atom. The van der Waals surface area contributed by atoms with E-state index in [1.807, 2.05) is 6.07 Å². The van der Waals surface area contributed by atoms with Gasteiger partial charge < -0.3 is 38.8 Å². The van der Waals surface area contributed by atoms with Gasteiger partial charge in [-0.1, -0.05) is 6.07 Å². The van der Waals surface area contributed by atoms with Crippen molar-refractivity contribution in [1.29, 1.82) is 0 Å². The smallest absolute Gasteiger partial charge is 0.254 e. The zero-order valence-corrected chi connectivity index (χ0v) is 19.6. The number of methoxy groups -OCH3 is 5. The molecule has 9 heteroatoms. The average molecular weight is 462 g/mol. The second kappa shape index (κ2) is 10.2. The lowest BCUT2D eigenvalue weighted by Crippen LogP contribution is -2.45. The lowest BCUT2D eigenvalue weighted by atomic mass is 9.75. The number of hydrogen-bond donors (Lipinski definition) is 2. The summed E-state index contributed by atoms with van der Waals surface area (Å²) in [5.74, 6) is 1.96. The van der Waals surface area contributed by atoms with Gasteiger partial charge in [-0.3, -0.25) is 4.79 Å². The largest absolute Gasteiger partial charge is 0.493 e. The summed E-state index contributed by atoms with van der Waals surface area (Å²) in [6, 6.07) is 8.56. The summed E-state index contributed by atoms with van der Waals surface area (Å²) in [5, 5.41) is 20.7. The molecular weight excluding hydrogens is 430 g/mol. The van der Waals surface area contributed by atoms with Crippen LogP contribution in [0.5, 0.6) is 28.7 Å². The summed E-state index contributed by atoms with van der Waals surface area (Å²) in [6.45, 7) is 0.154. The molecule has 1 aliphatic heterocycles. The third kappa shape index (κ3) is 4.38. The highest BCUT2D eigenvalue weighted by molar-refractivity contribution is 5.96. The number of benzene rings is 2. The Labute approximate surface area is 193 Å². The first kappa shape index (κ1) is 24.5. The fourth-order valence-corrected chi connectivity index (χ4v) is 4.41. The van der Waals surface area contributed by atoms with Crippen LogP contribution in [0.4, 0.5) is 0 Å². The first-order valence-corrected chi connectivity index (χ1v) is 10.5. The molecule has 2 N–H and O–H groups in total. The molecule has 1 aliphatic rings. The molecular formula is C24H31NO8. The quantitative estimate of drug-likeness (QED) is 0.583. The Morgan fingerprint density at radius 1 is 0.939 bits per heavy atom. The van der Waals surface area contributed by atoms with Gasteiger partial charge in [0.25, 0.3) is 5.91 Å². The fraction of sp³-hybridized carbons (Fsp3) is 0.458. The van der Waals surface area contributed by atoms with E-state index in [2.05, 4.69) is 0 Å². The summed E-state index contributed by atoms with van der Waals surface area (Å²) in [6.07, 6.45) is -0.617. The molecule has 2 aromatic carbocycles. The number of likely N-dealkylation sites (tertiary alicyclic amines) is 1. The van der Waals surface area contributed by atoms with Crippen molar-refractivity contribution < 1.29 is 38.7 Å². The predicted molar refractivity (Wildman–Crippen MR) is 121 cm³/mol. The lowest BCUT2D eigenvalue weighted by Gasteiger charge is -2.34. The maximum absolute atomic E-state index is 13.4. The summed E-state index contributed by atoms with van der Waals surface area (Å²) in [5.41, 5.74) is 0.248. The van der Waals surface area contributed by atoms with Crippen LogP contribution >= 0.6 is 0 Å². The molecule has 1 saturated heterocycles. The highest BCUT2D eigenvalue weighted by Gasteiger charge is 2.47. The first-order valence-electron chi connectivity index (χ1n) is 10.5. The zero-order chi connectivity index (χ0) is 24.2. The highest BCUT2D eigenvalue weighted by atomic mass is 16.5. The van der Waals surface area contributed by atoms with Crippen molar-refractivity contribution in [3.63, 3.8) is 0 Å². The predicted octanol–water partition coefficient (Wildman–Crippen LogP) is 1.87. The van der Waals surface area contributed by atoms with Gasteiger partial charge in [0.05, 0.1) is 48.3 Å². The monoisotopic (exact) mass is 461 g/mol. The van der Waals surface area contributed by atoms with E-state index in [0.29, 0.717) is 47.3 Å². The number of carbonyl (C=O) groups excluding carboxylic acids is 1. The van der Waals surface area contributed by atoms with Crippen LogP contribution in [0, 0.1) is 0 Å². The van der Waals surface area contributed by atoms with Crippen LogP contribution < -0.4 is 23.7 Å². The van der Waals surface area contributed by atoms with Crippen LogP contribution in [-0.2, 0) is 5.41 Å². The molecule has 1 heterocycles. The number of ether oxygens (including phenoxy) is 5. The van der Waals surface area contributed by atoms with E-state index in [1.165, 1.54) is 28.4 Å². The molecule has 33 heavy (non-hydrogen) atoms. The number of aliphatic hydroxyl groups is 2. The van der Waals surface area contributed by atoms with E-state index < -0.39 is 18.1 Å². The topological polar surface area (TPSA) is 107 Å². The minimum Gasteiger partial charge on any atom is -0.493 e. The molecule has 2 atom stereocenters. The highest BCUT2D eigenvalue weighted by Crippen LogP contribution is 2.43. The molecule has 0 saturated carbocycles. The molecule has 1 fully saturated rings. The number of rotatable bonds is 9. The molecule has 1 amide bonds. The molecule has 0 spiro atoms. The molecule has 0 bridgehead atoms. The van der Waals surface area contributed by atoms with E-state index in [-0.39, 0.29) is 12.5 Å². The molecule has 0 aliphatic carbocycles. The van der Waals surface area contributed by atoms with Gasteiger partial charge in [-0.15, -0.1) is 0 Å². The normalized spacial score (nSPS) is 18.6. The van der Waals surface area contributed by atoms with E-state index in [1.54, 1.807) is 36.3 Å². The second-order valence-electron chi connectivity index (χ2n) is 7.81. The third-order valence-electron chi connectivity index (χ3n) is 6.27. The minimum atomic E-state index is -1.08. The molecule has 2 unspecified atom stereocenters. The number of nitrogens with zero attached hydrogens (tertiary/aromatic N) is 1. The van der Waals surface area contributed by atoms with E-state index in [0.717, 1.165) is 5.56 Å². The Morgan fingerprint density at radius 2 is 1.55 bits per heavy atom. The Hall–Kier alpha value is -3.17. The first-order chi connectivity index (χ1) is 15.9. The third-order valence-corrected chi connectivity index (χ3v) is 6.27.